The van der Waals surface area contributed by atoms with E-state index in [1.807, 2.05) is 32.0 Å². The van der Waals surface area contributed by atoms with Crippen molar-refractivity contribution >= 4 is 29.6 Å². The van der Waals surface area contributed by atoms with E-state index in [9.17, 15) is 14.4 Å². The number of likely N-dealkylation sites (N-methyl/N-ethyl adjacent to an activating group) is 1. The second-order valence-electron chi connectivity index (χ2n) is 6.32. The monoisotopic (exact) mass is 412 g/mol. The maximum Gasteiger partial charge on any atom is 0.329 e. The molecular weight excluding hydrogens is 388 g/mol. The van der Waals surface area contributed by atoms with Crippen molar-refractivity contribution in [1.29, 1.82) is 0 Å². The van der Waals surface area contributed by atoms with Crippen LogP contribution in [0.1, 0.15) is 16.7 Å². The second-order valence-corrected chi connectivity index (χ2v) is 6.32. The molecule has 0 aromatic heterocycles. The number of methoxy groups -OCH3 is 1. The molecule has 0 aliphatic rings. The number of carbonyl (C=O) groups excluding carboxylic acids is 3. The Hall–Kier alpha value is -3.88. The number of anilines is 1. The number of hydrogen-bond acceptors (Lipinski definition) is 6. The minimum Gasteiger partial charge on any atom is -0.493 e. The van der Waals surface area contributed by atoms with E-state index < -0.39 is 11.8 Å². The summed E-state index contributed by atoms with van der Waals surface area (Å²) in [6.45, 7) is 3.78. The molecule has 30 heavy (non-hydrogen) atoms. The van der Waals surface area contributed by atoms with Gasteiger partial charge in [0, 0.05) is 12.7 Å². The number of ether oxygens (including phenoxy) is 2. The van der Waals surface area contributed by atoms with Crippen LogP contribution >= 0.6 is 0 Å². The first kappa shape index (κ1) is 22.4. The van der Waals surface area contributed by atoms with Crippen LogP contribution in [-0.4, -0.2) is 44.7 Å². The molecule has 0 heterocycles. The number of nitrogens with one attached hydrogen (secondary N) is 3. The van der Waals surface area contributed by atoms with Crippen LogP contribution in [0.4, 0.5) is 5.69 Å². The van der Waals surface area contributed by atoms with Gasteiger partial charge in [-0.1, -0.05) is 6.07 Å². The number of benzene rings is 2. The SMILES string of the molecule is CNC(=O)C(=O)N/N=C/c1ccc(OCC(=O)Nc2ccc(C)c(C)c2)c(OC)c1. The number of hydrogen-bond donors (Lipinski definition) is 3. The Morgan fingerprint density at radius 3 is 2.43 bits per heavy atom. The summed E-state index contributed by atoms with van der Waals surface area (Å²) in [6.07, 6.45) is 1.35. The van der Waals surface area contributed by atoms with Gasteiger partial charge in [0.25, 0.3) is 5.91 Å². The zero-order chi connectivity index (χ0) is 22.1. The normalized spacial score (nSPS) is 10.4. The van der Waals surface area contributed by atoms with Crippen molar-refractivity contribution in [2.75, 3.05) is 26.1 Å². The van der Waals surface area contributed by atoms with Gasteiger partial charge in [-0.15, -0.1) is 0 Å². The fourth-order valence-electron chi connectivity index (χ4n) is 2.37. The van der Waals surface area contributed by atoms with Crippen molar-refractivity contribution in [3.8, 4) is 11.5 Å². The highest BCUT2D eigenvalue weighted by Crippen LogP contribution is 2.27. The van der Waals surface area contributed by atoms with Crippen molar-refractivity contribution in [3.05, 3.63) is 53.1 Å². The number of nitrogens with zero attached hydrogens (tertiary/aromatic N) is 1. The average molecular weight is 412 g/mol. The third-order valence-electron chi connectivity index (χ3n) is 4.15. The van der Waals surface area contributed by atoms with Gasteiger partial charge in [-0.05, 0) is 60.9 Å². The summed E-state index contributed by atoms with van der Waals surface area (Å²) < 4.78 is 10.8. The van der Waals surface area contributed by atoms with Gasteiger partial charge in [0.1, 0.15) is 0 Å². The third-order valence-corrected chi connectivity index (χ3v) is 4.15. The van der Waals surface area contributed by atoms with Gasteiger partial charge in [0.2, 0.25) is 0 Å². The third kappa shape index (κ3) is 6.33. The van der Waals surface area contributed by atoms with E-state index in [0.717, 1.165) is 11.1 Å². The molecule has 0 atom stereocenters. The van der Waals surface area contributed by atoms with Crippen molar-refractivity contribution in [2.45, 2.75) is 13.8 Å². The zero-order valence-corrected chi connectivity index (χ0v) is 17.2. The molecule has 3 N–H and O–H groups in total. The van der Waals surface area contributed by atoms with Crippen molar-refractivity contribution < 1.29 is 23.9 Å². The van der Waals surface area contributed by atoms with E-state index in [1.165, 1.54) is 20.4 Å². The largest absolute Gasteiger partial charge is 0.493 e. The minimum atomic E-state index is -0.879. The standard InChI is InChI=1S/C21H24N4O5/c1-13-5-7-16(9-14(13)2)24-19(26)12-30-17-8-6-15(10-18(17)29-4)11-23-25-21(28)20(27)22-3/h5-11H,12H2,1-4H3,(H,22,27)(H,24,26)(H,25,28)/b23-11+. The molecule has 0 aliphatic carbocycles. The zero-order valence-electron chi connectivity index (χ0n) is 17.2. The quantitative estimate of drug-likeness (QED) is 0.362. The Morgan fingerprint density at radius 2 is 1.77 bits per heavy atom. The van der Waals surface area contributed by atoms with E-state index in [-0.39, 0.29) is 12.5 Å². The Bertz CT molecular complexity index is 972. The number of rotatable bonds is 7. The highest BCUT2D eigenvalue weighted by Gasteiger charge is 2.10. The smallest absolute Gasteiger partial charge is 0.329 e. The molecule has 158 valence electrons. The van der Waals surface area contributed by atoms with Crippen LogP contribution in [0.25, 0.3) is 0 Å². The van der Waals surface area contributed by atoms with Gasteiger partial charge in [-0.2, -0.15) is 5.10 Å². The molecule has 0 radical (unpaired) electrons. The van der Waals surface area contributed by atoms with Gasteiger partial charge in [-0.3, -0.25) is 14.4 Å². The Balaban J connectivity index is 1.95. The van der Waals surface area contributed by atoms with Gasteiger partial charge in [0.05, 0.1) is 13.3 Å². The number of carbonyl (C=O) groups is 3. The van der Waals surface area contributed by atoms with Crippen LogP contribution in [0.5, 0.6) is 11.5 Å². The Labute approximate surface area is 174 Å². The number of hydrazone groups is 1. The molecule has 0 saturated carbocycles. The van der Waals surface area contributed by atoms with E-state index in [0.29, 0.717) is 22.7 Å². The van der Waals surface area contributed by atoms with Crippen LogP contribution in [-0.2, 0) is 14.4 Å². The summed E-state index contributed by atoms with van der Waals surface area (Å²) >= 11 is 0. The minimum absolute atomic E-state index is 0.196. The first-order valence-corrected chi connectivity index (χ1v) is 9.07. The lowest BCUT2D eigenvalue weighted by atomic mass is 10.1. The Morgan fingerprint density at radius 1 is 1.00 bits per heavy atom. The molecule has 0 saturated heterocycles. The molecule has 9 heteroatoms. The lowest BCUT2D eigenvalue weighted by molar-refractivity contribution is -0.138. The highest BCUT2D eigenvalue weighted by molar-refractivity contribution is 6.35. The van der Waals surface area contributed by atoms with Crippen molar-refractivity contribution in [1.82, 2.24) is 10.7 Å². The highest BCUT2D eigenvalue weighted by atomic mass is 16.5. The molecule has 2 aromatic rings. The Kier molecular flexibility index (Phi) is 7.92. The molecule has 0 aliphatic heterocycles. The molecule has 0 fully saturated rings. The summed E-state index contributed by atoms with van der Waals surface area (Å²) in [5.74, 6) is -1.22. The van der Waals surface area contributed by atoms with E-state index in [4.69, 9.17) is 9.47 Å². The molecule has 9 nitrogen and oxygen atoms in total. The average Bonchev–Trinajstić information content (AvgIpc) is 2.74. The van der Waals surface area contributed by atoms with Gasteiger partial charge in [0.15, 0.2) is 18.1 Å². The first-order chi connectivity index (χ1) is 14.3. The molecule has 0 unspecified atom stereocenters. The molecule has 0 spiro atoms. The van der Waals surface area contributed by atoms with Crippen LogP contribution < -0.4 is 25.5 Å². The van der Waals surface area contributed by atoms with Crippen LogP contribution in [0, 0.1) is 13.8 Å². The van der Waals surface area contributed by atoms with Crippen molar-refractivity contribution in [2.24, 2.45) is 5.10 Å². The predicted molar refractivity (Wildman–Crippen MR) is 113 cm³/mol. The van der Waals surface area contributed by atoms with Gasteiger partial charge < -0.3 is 20.1 Å². The van der Waals surface area contributed by atoms with Gasteiger partial charge in [-0.25, -0.2) is 5.43 Å². The molecule has 3 amide bonds. The summed E-state index contributed by atoms with van der Waals surface area (Å²) in [7, 11) is 2.81. The van der Waals surface area contributed by atoms with Gasteiger partial charge >= 0.3 is 11.8 Å². The lowest BCUT2D eigenvalue weighted by Gasteiger charge is -2.12. The lowest BCUT2D eigenvalue weighted by Crippen LogP contribution is -2.35. The fraction of sp³-hybridized carbons (Fsp3) is 0.238. The maximum atomic E-state index is 12.2. The molecule has 2 aromatic carbocycles. The molecule has 0 bridgehead atoms. The summed E-state index contributed by atoms with van der Waals surface area (Å²) in [4.78, 5) is 34.6. The van der Waals surface area contributed by atoms with Crippen LogP contribution in [0.3, 0.4) is 0 Å². The molecular formula is C21H24N4O5. The van der Waals surface area contributed by atoms with Crippen molar-refractivity contribution in [3.63, 3.8) is 0 Å². The van der Waals surface area contributed by atoms with Crippen LogP contribution in [0.15, 0.2) is 41.5 Å². The first-order valence-electron chi connectivity index (χ1n) is 9.07. The molecule has 2 rings (SSSR count). The fourth-order valence-corrected chi connectivity index (χ4v) is 2.37. The van der Waals surface area contributed by atoms with Crippen LogP contribution in [0.2, 0.25) is 0 Å². The maximum absolute atomic E-state index is 12.2. The predicted octanol–water partition coefficient (Wildman–Crippen LogP) is 1.53. The summed E-state index contributed by atoms with van der Waals surface area (Å²) in [5, 5.41) is 8.68. The number of aryl methyl sites for hydroxylation is 2. The van der Waals surface area contributed by atoms with E-state index in [1.54, 1.807) is 18.2 Å². The van der Waals surface area contributed by atoms with E-state index in [2.05, 4.69) is 21.2 Å². The summed E-state index contributed by atoms with van der Waals surface area (Å²) in [5.41, 5.74) is 5.62. The van der Waals surface area contributed by atoms with E-state index >= 15 is 0 Å². The number of amides is 3. The topological polar surface area (TPSA) is 118 Å². The summed E-state index contributed by atoms with van der Waals surface area (Å²) in [6, 6.07) is 10.6. The second kappa shape index (κ2) is 10.6.